The molecule has 0 aliphatic carbocycles. The number of thiazole rings is 1. The average molecular weight is 330 g/mol. The third kappa shape index (κ3) is 4.53. The number of benzene rings is 1. The fourth-order valence-electron chi connectivity index (χ4n) is 2.78. The van der Waals surface area contributed by atoms with Crippen LogP contribution in [0.15, 0.2) is 36.0 Å². The van der Waals surface area contributed by atoms with Gasteiger partial charge in [0.2, 0.25) is 5.91 Å². The Balaban J connectivity index is 1.52. The summed E-state index contributed by atoms with van der Waals surface area (Å²) in [6.45, 7) is 6.94. The lowest BCUT2D eigenvalue weighted by molar-refractivity contribution is -0.130. The Bertz CT molecular complexity index is 636. The normalized spacial score (nSPS) is 15.6. The van der Waals surface area contributed by atoms with Gasteiger partial charge in [-0.25, -0.2) is 0 Å². The molecule has 0 radical (unpaired) electrons. The van der Waals surface area contributed by atoms with Crippen LogP contribution in [0, 0.1) is 0 Å². The number of anilines is 1. The zero-order chi connectivity index (χ0) is 16.1. The zero-order valence-corrected chi connectivity index (χ0v) is 14.2. The number of hydrogen-bond donors (Lipinski definition) is 1. The third-order valence-electron chi connectivity index (χ3n) is 4.10. The van der Waals surface area contributed by atoms with E-state index in [-0.39, 0.29) is 5.91 Å². The number of nitrogens with zero attached hydrogens (tertiary/aromatic N) is 3. The van der Waals surface area contributed by atoms with Gasteiger partial charge in [-0.2, -0.15) is 0 Å². The molecule has 0 atom stereocenters. The molecular weight excluding hydrogens is 308 g/mol. The van der Waals surface area contributed by atoms with Crippen molar-refractivity contribution in [2.24, 2.45) is 0 Å². The Morgan fingerprint density at radius 2 is 2.13 bits per heavy atom. The molecule has 2 heterocycles. The third-order valence-corrected chi connectivity index (χ3v) is 4.88. The minimum absolute atomic E-state index is 0.180. The number of aromatic nitrogens is 1. The van der Waals surface area contributed by atoms with E-state index in [1.54, 1.807) is 18.3 Å². The smallest absolute Gasteiger partial charge is 0.219 e. The van der Waals surface area contributed by atoms with Crippen molar-refractivity contribution in [2.45, 2.75) is 20.0 Å². The van der Waals surface area contributed by atoms with Crippen LogP contribution >= 0.6 is 11.3 Å². The van der Waals surface area contributed by atoms with Gasteiger partial charge in [-0.1, -0.05) is 12.1 Å². The van der Waals surface area contributed by atoms with Crippen LogP contribution in [0.5, 0.6) is 0 Å². The summed E-state index contributed by atoms with van der Waals surface area (Å²) in [7, 11) is 0. The lowest BCUT2D eigenvalue weighted by atomic mass is 10.1. The first-order chi connectivity index (χ1) is 11.2. The molecular formula is C17H22N4OS. The number of piperazine rings is 1. The molecule has 5 nitrogen and oxygen atoms in total. The highest BCUT2D eigenvalue weighted by Gasteiger charge is 2.18. The molecule has 6 heteroatoms. The minimum atomic E-state index is 0.180. The molecule has 1 aromatic heterocycles. The predicted molar refractivity (Wildman–Crippen MR) is 93.4 cm³/mol. The molecule has 1 amide bonds. The topological polar surface area (TPSA) is 48.5 Å². The van der Waals surface area contributed by atoms with E-state index in [0.717, 1.165) is 45.0 Å². The van der Waals surface area contributed by atoms with E-state index in [9.17, 15) is 4.79 Å². The summed E-state index contributed by atoms with van der Waals surface area (Å²) >= 11 is 1.66. The van der Waals surface area contributed by atoms with Crippen molar-refractivity contribution in [3.8, 4) is 0 Å². The highest BCUT2D eigenvalue weighted by Crippen LogP contribution is 2.16. The summed E-state index contributed by atoms with van der Waals surface area (Å²) in [5, 5.41) is 3.45. The van der Waals surface area contributed by atoms with Gasteiger partial charge in [-0.3, -0.25) is 14.7 Å². The van der Waals surface area contributed by atoms with E-state index < -0.39 is 0 Å². The maximum absolute atomic E-state index is 11.4. The second-order valence-corrected chi connectivity index (χ2v) is 6.77. The number of carbonyl (C=O) groups is 1. The van der Waals surface area contributed by atoms with Gasteiger partial charge in [-0.05, 0) is 17.7 Å². The summed E-state index contributed by atoms with van der Waals surface area (Å²) in [5.74, 6) is 0.180. The van der Waals surface area contributed by atoms with E-state index in [2.05, 4.69) is 39.5 Å². The van der Waals surface area contributed by atoms with Crippen LogP contribution in [-0.4, -0.2) is 46.9 Å². The Morgan fingerprint density at radius 1 is 1.30 bits per heavy atom. The van der Waals surface area contributed by atoms with Gasteiger partial charge in [0.05, 0.1) is 12.1 Å². The van der Waals surface area contributed by atoms with Gasteiger partial charge >= 0.3 is 0 Å². The summed E-state index contributed by atoms with van der Waals surface area (Å²) in [4.78, 5) is 21.0. The molecule has 122 valence electrons. The summed E-state index contributed by atoms with van der Waals surface area (Å²) in [6.07, 6.45) is 1.90. The van der Waals surface area contributed by atoms with Crippen LogP contribution in [0.2, 0.25) is 0 Å². The van der Waals surface area contributed by atoms with E-state index in [1.807, 2.05) is 16.6 Å². The van der Waals surface area contributed by atoms with Gasteiger partial charge in [0.15, 0.2) is 0 Å². The molecule has 1 N–H and O–H groups in total. The number of carbonyl (C=O) groups excluding carboxylic acids is 1. The van der Waals surface area contributed by atoms with Crippen LogP contribution < -0.4 is 5.32 Å². The first-order valence-corrected chi connectivity index (χ1v) is 8.77. The first kappa shape index (κ1) is 16.0. The van der Waals surface area contributed by atoms with Crippen molar-refractivity contribution < 1.29 is 4.79 Å². The molecule has 0 spiro atoms. The van der Waals surface area contributed by atoms with Crippen molar-refractivity contribution in [1.82, 2.24) is 14.8 Å². The van der Waals surface area contributed by atoms with Crippen molar-refractivity contribution in [1.29, 1.82) is 0 Å². The monoisotopic (exact) mass is 330 g/mol. The molecule has 0 bridgehead atoms. The minimum Gasteiger partial charge on any atom is -0.380 e. The summed E-state index contributed by atoms with van der Waals surface area (Å²) < 4.78 is 0. The highest BCUT2D eigenvalue weighted by molar-refractivity contribution is 7.09. The maximum Gasteiger partial charge on any atom is 0.219 e. The summed E-state index contributed by atoms with van der Waals surface area (Å²) in [6, 6.07) is 8.56. The maximum atomic E-state index is 11.4. The van der Waals surface area contributed by atoms with Gasteiger partial charge in [-0.15, -0.1) is 11.3 Å². The number of nitrogens with one attached hydrogen (secondary N) is 1. The number of rotatable bonds is 5. The van der Waals surface area contributed by atoms with Gasteiger partial charge < -0.3 is 10.2 Å². The Labute approximate surface area is 140 Å². The lowest BCUT2D eigenvalue weighted by Crippen LogP contribution is -2.47. The molecule has 1 saturated heterocycles. The van der Waals surface area contributed by atoms with Crippen LogP contribution in [0.25, 0.3) is 0 Å². The van der Waals surface area contributed by atoms with Crippen LogP contribution in [-0.2, 0) is 17.9 Å². The summed E-state index contributed by atoms with van der Waals surface area (Å²) in [5.41, 5.74) is 4.29. The van der Waals surface area contributed by atoms with E-state index in [4.69, 9.17) is 0 Å². The Kier molecular flexibility index (Phi) is 5.25. The fraction of sp³-hybridized carbons (Fsp3) is 0.412. The second-order valence-electron chi connectivity index (χ2n) is 5.80. The lowest BCUT2D eigenvalue weighted by Gasteiger charge is -2.34. The van der Waals surface area contributed by atoms with Crippen LogP contribution in [0.1, 0.15) is 17.4 Å². The zero-order valence-electron chi connectivity index (χ0n) is 13.4. The highest BCUT2D eigenvalue weighted by atomic mass is 32.1. The largest absolute Gasteiger partial charge is 0.380 e. The van der Waals surface area contributed by atoms with E-state index in [1.165, 1.54) is 10.4 Å². The van der Waals surface area contributed by atoms with Crippen LogP contribution in [0.4, 0.5) is 5.69 Å². The molecule has 1 aliphatic rings. The van der Waals surface area contributed by atoms with Crippen molar-refractivity contribution in [3.63, 3.8) is 0 Å². The quantitative estimate of drug-likeness (QED) is 0.915. The molecule has 23 heavy (non-hydrogen) atoms. The molecule has 1 fully saturated rings. The van der Waals surface area contributed by atoms with Crippen molar-refractivity contribution in [3.05, 3.63) is 46.4 Å². The number of amides is 1. The fourth-order valence-corrected chi connectivity index (χ4v) is 3.31. The molecule has 0 unspecified atom stereocenters. The second kappa shape index (κ2) is 7.57. The average Bonchev–Trinajstić information content (AvgIpc) is 3.07. The molecule has 0 saturated carbocycles. The van der Waals surface area contributed by atoms with Crippen LogP contribution in [0.3, 0.4) is 0 Å². The van der Waals surface area contributed by atoms with Crippen molar-refractivity contribution in [2.75, 3.05) is 31.5 Å². The van der Waals surface area contributed by atoms with Crippen molar-refractivity contribution >= 4 is 22.9 Å². The van der Waals surface area contributed by atoms with Gasteiger partial charge in [0, 0.05) is 56.4 Å². The molecule has 2 aromatic rings. The van der Waals surface area contributed by atoms with Gasteiger partial charge in [0.25, 0.3) is 0 Å². The van der Waals surface area contributed by atoms with Gasteiger partial charge in [0.1, 0.15) is 0 Å². The Morgan fingerprint density at radius 3 is 2.83 bits per heavy atom. The molecule has 1 aliphatic heterocycles. The SMILES string of the molecule is CC(=O)N1CCN(Cc2cccc(NCc3cncs3)c2)CC1. The number of hydrogen-bond acceptors (Lipinski definition) is 5. The first-order valence-electron chi connectivity index (χ1n) is 7.89. The standard InChI is InChI=1S/C17H22N4OS/c1-14(22)21-7-5-20(6-8-21)12-15-3-2-4-16(9-15)19-11-17-10-18-13-23-17/h2-4,9-10,13,19H,5-8,11-12H2,1H3. The Hall–Kier alpha value is -1.92. The molecule has 3 rings (SSSR count). The predicted octanol–water partition coefficient (Wildman–Crippen LogP) is 2.42. The van der Waals surface area contributed by atoms with E-state index in [0.29, 0.717) is 0 Å². The molecule has 1 aromatic carbocycles. The van der Waals surface area contributed by atoms with E-state index >= 15 is 0 Å².